The molecule has 0 aliphatic heterocycles. The summed E-state index contributed by atoms with van der Waals surface area (Å²) >= 11 is 0. The predicted octanol–water partition coefficient (Wildman–Crippen LogP) is 7.58. The minimum Gasteiger partial charge on any atom is -0.376 e. The van der Waals surface area contributed by atoms with Crippen LogP contribution in [0.3, 0.4) is 0 Å². The molecule has 2 aliphatic carbocycles. The molecule has 0 saturated carbocycles. The third-order valence-electron chi connectivity index (χ3n) is 7.23. The molecule has 0 amide bonds. The summed E-state index contributed by atoms with van der Waals surface area (Å²) in [5, 5.41) is 15.5. The lowest BCUT2D eigenvalue weighted by molar-refractivity contribution is 0.167. The fraction of sp³-hybridized carbons (Fsp3) is 0.0303. The Morgan fingerprint density at radius 3 is 1.35 bits per heavy atom. The van der Waals surface area contributed by atoms with Gasteiger partial charge in [-0.15, -0.1) is 0 Å². The molecule has 7 rings (SSSR count). The summed E-state index contributed by atoms with van der Waals surface area (Å²) in [4.78, 5) is 0. The lowest BCUT2D eigenvalue weighted by Crippen LogP contribution is -2.27. The SMILES string of the molecule is OC1(c2ccccc2)C(c2ccccc2)=C2C(=C1c1ccccc1)c1cccc3cccc2c13. The average Bonchev–Trinajstić information content (AvgIpc) is 3.37. The molecule has 0 aromatic heterocycles. The smallest absolute Gasteiger partial charge is 0.142 e. The Morgan fingerprint density at radius 2 is 0.882 bits per heavy atom. The van der Waals surface area contributed by atoms with Crippen LogP contribution < -0.4 is 0 Å². The van der Waals surface area contributed by atoms with E-state index >= 15 is 0 Å². The molecule has 34 heavy (non-hydrogen) atoms. The van der Waals surface area contributed by atoms with Crippen LogP contribution >= 0.6 is 0 Å². The molecule has 0 unspecified atom stereocenters. The Labute approximate surface area is 199 Å². The minimum absolute atomic E-state index is 0.881. The molecule has 0 radical (unpaired) electrons. The van der Waals surface area contributed by atoms with Crippen LogP contribution in [0.5, 0.6) is 0 Å². The van der Waals surface area contributed by atoms with Gasteiger partial charge in [-0.2, -0.15) is 0 Å². The molecule has 0 spiro atoms. The van der Waals surface area contributed by atoms with Crippen molar-refractivity contribution in [1.82, 2.24) is 0 Å². The Kier molecular flexibility index (Phi) is 4.05. The van der Waals surface area contributed by atoms with E-state index < -0.39 is 5.60 Å². The third kappa shape index (κ3) is 2.48. The maximum absolute atomic E-state index is 13.0. The first-order chi connectivity index (χ1) is 16.8. The van der Waals surface area contributed by atoms with Gasteiger partial charge in [-0.1, -0.05) is 127 Å². The molecular weight excluding hydrogens is 412 g/mol. The summed E-state index contributed by atoms with van der Waals surface area (Å²) in [6.07, 6.45) is 0. The first kappa shape index (κ1) is 19.3. The van der Waals surface area contributed by atoms with Crippen molar-refractivity contribution in [3.8, 4) is 0 Å². The van der Waals surface area contributed by atoms with Crippen molar-refractivity contribution in [3.05, 3.63) is 155 Å². The van der Waals surface area contributed by atoms with Gasteiger partial charge in [-0.3, -0.25) is 0 Å². The summed E-state index contributed by atoms with van der Waals surface area (Å²) in [5.74, 6) is 0. The molecule has 2 aliphatic rings. The van der Waals surface area contributed by atoms with E-state index in [0.717, 1.165) is 39.0 Å². The molecule has 160 valence electrons. The molecule has 0 bridgehead atoms. The molecule has 0 atom stereocenters. The molecule has 1 heteroatoms. The second-order valence-corrected chi connectivity index (χ2v) is 9.02. The van der Waals surface area contributed by atoms with Gasteiger partial charge in [0, 0.05) is 11.1 Å². The molecule has 5 aromatic rings. The van der Waals surface area contributed by atoms with Crippen LogP contribution in [0.4, 0.5) is 0 Å². The fourth-order valence-electron chi connectivity index (χ4n) is 5.92. The Hall–Kier alpha value is -4.20. The lowest BCUT2D eigenvalue weighted by atomic mass is 9.76. The van der Waals surface area contributed by atoms with Gasteiger partial charge in [0.1, 0.15) is 5.60 Å². The van der Waals surface area contributed by atoms with Crippen LogP contribution in [0.2, 0.25) is 0 Å². The van der Waals surface area contributed by atoms with Crippen molar-refractivity contribution in [2.75, 3.05) is 0 Å². The second-order valence-electron chi connectivity index (χ2n) is 9.02. The van der Waals surface area contributed by atoms with Crippen LogP contribution in [0.15, 0.2) is 127 Å². The molecule has 0 saturated heterocycles. The van der Waals surface area contributed by atoms with Crippen LogP contribution in [-0.4, -0.2) is 5.11 Å². The Morgan fingerprint density at radius 1 is 0.441 bits per heavy atom. The summed E-state index contributed by atoms with van der Waals surface area (Å²) in [6.45, 7) is 0. The number of hydrogen-bond donors (Lipinski definition) is 1. The van der Waals surface area contributed by atoms with Crippen molar-refractivity contribution >= 4 is 33.1 Å². The summed E-state index contributed by atoms with van der Waals surface area (Å²) < 4.78 is 0. The van der Waals surface area contributed by atoms with Gasteiger partial charge in [-0.05, 0) is 49.7 Å². The summed E-state index contributed by atoms with van der Waals surface area (Å²) in [6, 6.07) is 43.9. The van der Waals surface area contributed by atoms with E-state index in [1.807, 2.05) is 42.5 Å². The molecule has 5 aromatic carbocycles. The van der Waals surface area contributed by atoms with Gasteiger partial charge in [0.15, 0.2) is 0 Å². The van der Waals surface area contributed by atoms with Gasteiger partial charge in [0.25, 0.3) is 0 Å². The summed E-state index contributed by atoms with van der Waals surface area (Å²) in [7, 11) is 0. The largest absolute Gasteiger partial charge is 0.376 e. The first-order valence-corrected chi connectivity index (χ1v) is 11.7. The number of benzene rings is 5. The lowest BCUT2D eigenvalue weighted by Gasteiger charge is -2.32. The topological polar surface area (TPSA) is 20.2 Å². The molecule has 0 heterocycles. The van der Waals surface area contributed by atoms with Crippen molar-refractivity contribution in [3.63, 3.8) is 0 Å². The van der Waals surface area contributed by atoms with E-state index in [1.165, 1.54) is 21.9 Å². The number of allylic oxidation sites excluding steroid dienone is 2. The van der Waals surface area contributed by atoms with Crippen LogP contribution in [0.1, 0.15) is 27.8 Å². The van der Waals surface area contributed by atoms with E-state index in [9.17, 15) is 5.11 Å². The zero-order valence-corrected chi connectivity index (χ0v) is 18.6. The Balaban J connectivity index is 1.70. The van der Waals surface area contributed by atoms with Crippen LogP contribution in [0, 0.1) is 0 Å². The third-order valence-corrected chi connectivity index (χ3v) is 7.23. The average molecular weight is 435 g/mol. The highest BCUT2D eigenvalue weighted by Gasteiger charge is 2.50. The van der Waals surface area contributed by atoms with Gasteiger partial charge in [0.2, 0.25) is 0 Å². The molecule has 0 fully saturated rings. The van der Waals surface area contributed by atoms with Gasteiger partial charge >= 0.3 is 0 Å². The fourth-order valence-corrected chi connectivity index (χ4v) is 5.92. The van der Waals surface area contributed by atoms with Crippen molar-refractivity contribution in [2.45, 2.75) is 5.60 Å². The monoisotopic (exact) mass is 434 g/mol. The zero-order valence-electron chi connectivity index (χ0n) is 18.6. The van der Waals surface area contributed by atoms with E-state index in [-0.39, 0.29) is 0 Å². The number of rotatable bonds is 3. The highest BCUT2D eigenvalue weighted by molar-refractivity contribution is 6.38. The quantitative estimate of drug-likeness (QED) is 0.310. The predicted molar refractivity (Wildman–Crippen MR) is 141 cm³/mol. The molecule has 1 N–H and O–H groups in total. The van der Waals surface area contributed by atoms with Crippen molar-refractivity contribution in [2.24, 2.45) is 0 Å². The van der Waals surface area contributed by atoms with Gasteiger partial charge in [-0.25, -0.2) is 0 Å². The van der Waals surface area contributed by atoms with Gasteiger partial charge < -0.3 is 5.11 Å². The second kappa shape index (κ2) is 7.15. The van der Waals surface area contributed by atoms with Crippen molar-refractivity contribution < 1.29 is 5.11 Å². The van der Waals surface area contributed by atoms with E-state index in [2.05, 4.69) is 84.9 Å². The summed E-state index contributed by atoms with van der Waals surface area (Å²) in [5.41, 5.74) is 8.26. The number of hydrogen-bond acceptors (Lipinski definition) is 1. The first-order valence-electron chi connectivity index (χ1n) is 11.7. The molecular formula is C33H22O. The van der Waals surface area contributed by atoms with Crippen molar-refractivity contribution in [1.29, 1.82) is 0 Å². The normalized spacial score (nSPS) is 15.8. The van der Waals surface area contributed by atoms with E-state index in [0.29, 0.717) is 0 Å². The maximum Gasteiger partial charge on any atom is 0.142 e. The highest BCUT2D eigenvalue weighted by Crippen LogP contribution is 2.64. The number of aliphatic hydroxyl groups is 1. The van der Waals surface area contributed by atoms with Crippen LogP contribution in [-0.2, 0) is 5.60 Å². The van der Waals surface area contributed by atoms with Crippen LogP contribution in [0.25, 0.3) is 33.1 Å². The Bertz CT molecular complexity index is 1530. The maximum atomic E-state index is 13.0. The van der Waals surface area contributed by atoms with Gasteiger partial charge in [0.05, 0.1) is 0 Å². The van der Waals surface area contributed by atoms with E-state index in [1.54, 1.807) is 0 Å². The standard InChI is InChI=1S/C33H22O/c34-33(25-18-8-3-9-19-25)31(23-12-4-1-5-13-23)29-26-20-10-16-22-17-11-21-27(28(22)26)30(29)32(33)24-14-6-2-7-15-24/h1-21,34H. The van der Waals surface area contributed by atoms with E-state index in [4.69, 9.17) is 0 Å². The molecule has 1 nitrogen and oxygen atoms in total. The minimum atomic E-state index is -1.29. The zero-order chi connectivity index (χ0) is 22.7. The highest BCUT2D eigenvalue weighted by atomic mass is 16.3. The number of fused-ring (bicyclic) bond motifs is 3.